The van der Waals surface area contributed by atoms with Gasteiger partial charge in [0.25, 0.3) is 5.91 Å². The second-order valence-corrected chi connectivity index (χ2v) is 10.0. The van der Waals surface area contributed by atoms with Crippen molar-refractivity contribution in [3.63, 3.8) is 0 Å². The number of hydrogen-bond acceptors (Lipinski definition) is 4. The molecule has 4 aliphatic rings. The summed E-state index contributed by atoms with van der Waals surface area (Å²) < 4.78 is 0. The number of rotatable bonds is 5. The summed E-state index contributed by atoms with van der Waals surface area (Å²) in [7, 11) is 0. The van der Waals surface area contributed by atoms with Crippen LogP contribution in [0.15, 0.2) is 4.99 Å². The Morgan fingerprint density at radius 2 is 1.38 bits per heavy atom. The number of hydrogen-bond donors (Lipinski definition) is 3. The van der Waals surface area contributed by atoms with Crippen molar-refractivity contribution >= 4 is 11.9 Å². The molecule has 0 saturated heterocycles. The average Bonchev–Trinajstić information content (AvgIpc) is 3.02. The van der Waals surface area contributed by atoms with Crippen LogP contribution in [-0.2, 0) is 4.79 Å². The highest BCUT2D eigenvalue weighted by Crippen LogP contribution is 2.38. The van der Waals surface area contributed by atoms with Crippen molar-refractivity contribution < 1.29 is 9.90 Å². The molecule has 1 atom stereocenters. The number of aliphatic imine (C=N–C) groups is 1. The summed E-state index contributed by atoms with van der Waals surface area (Å²) in [5.74, 6) is 1.85. The number of nitrogens with one attached hydrogen (secondary N) is 1. The standard InChI is InChI=1S/C18H31N3O.C6H12O/c19-17-20-16(22)18(21-17,13-15-9-5-2-6-10-15)12-11-14-7-3-1-4-8-14;7-6-4-2-1-3-5-6/h14-15H,1-13H2,(H3,19,20,21,22);6-7H,1-5H2. The number of carbonyl (C=O) groups is 1. The topological polar surface area (TPSA) is 87.7 Å². The fraction of sp³-hybridized carbons (Fsp3) is 0.917. The van der Waals surface area contributed by atoms with E-state index in [1.807, 2.05) is 0 Å². The first-order valence-electron chi connectivity index (χ1n) is 12.4. The lowest BCUT2D eigenvalue weighted by atomic mass is 9.75. The van der Waals surface area contributed by atoms with Gasteiger partial charge in [-0.05, 0) is 43.9 Å². The number of aliphatic hydroxyl groups excluding tert-OH is 1. The van der Waals surface area contributed by atoms with E-state index in [0.29, 0.717) is 11.9 Å². The minimum Gasteiger partial charge on any atom is -0.393 e. The molecular weight excluding hydrogens is 362 g/mol. The van der Waals surface area contributed by atoms with Crippen LogP contribution in [0.3, 0.4) is 0 Å². The van der Waals surface area contributed by atoms with Gasteiger partial charge in [-0.25, -0.2) is 4.99 Å². The third kappa shape index (κ3) is 6.97. The maximum absolute atomic E-state index is 12.5. The van der Waals surface area contributed by atoms with E-state index in [-0.39, 0.29) is 12.0 Å². The van der Waals surface area contributed by atoms with Gasteiger partial charge >= 0.3 is 0 Å². The third-order valence-corrected chi connectivity index (χ3v) is 7.62. The van der Waals surface area contributed by atoms with Gasteiger partial charge in [0, 0.05) is 0 Å². The Hall–Kier alpha value is -1.10. The third-order valence-electron chi connectivity index (χ3n) is 7.62. The summed E-state index contributed by atoms with van der Waals surface area (Å²) in [5.41, 5.74) is 5.28. The molecule has 3 saturated carbocycles. The van der Waals surface area contributed by atoms with E-state index in [9.17, 15) is 4.79 Å². The Kier molecular flexibility index (Phi) is 8.83. The van der Waals surface area contributed by atoms with E-state index in [2.05, 4.69) is 10.3 Å². The lowest BCUT2D eigenvalue weighted by Gasteiger charge is -2.32. The van der Waals surface area contributed by atoms with E-state index in [1.54, 1.807) is 0 Å². The molecule has 1 unspecified atom stereocenters. The highest BCUT2D eigenvalue weighted by molar-refractivity contribution is 6.06. The maximum Gasteiger partial charge on any atom is 0.254 e. The van der Waals surface area contributed by atoms with Crippen LogP contribution in [0.5, 0.6) is 0 Å². The molecule has 4 N–H and O–H groups in total. The molecule has 1 amide bonds. The van der Waals surface area contributed by atoms with Gasteiger partial charge < -0.3 is 10.8 Å². The van der Waals surface area contributed by atoms with Gasteiger partial charge in [0.2, 0.25) is 0 Å². The van der Waals surface area contributed by atoms with E-state index in [1.165, 1.54) is 83.5 Å². The maximum atomic E-state index is 12.5. The van der Waals surface area contributed by atoms with Crippen molar-refractivity contribution in [2.45, 2.75) is 127 Å². The van der Waals surface area contributed by atoms with Crippen LogP contribution in [0.4, 0.5) is 0 Å². The average molecular weight is 406 g/mol. The minimum absolute atomic E-state index is 0.0359. The predicted molar refractivity (Wildman–Crippen MR) is 119 cm³/mol. The molecule has 3 fully saturated rings. The lowest BCUT2D eigenvalue weighted by Crippen LogP contribution is -2.42. The molecule has 5 nitrogen and oxygen atoms in total. The second-order valence-electron chi connectivity index (χ2n) is 10.0. The first kappa shape index (κ1) is 22.6. The minimum atomic E-state index is -0.552. The van der Waals surface area contributed by atoms with Crippen LogP contribution in [0.2, 0.25) is 0 Å². The molecule has 0 spiro atoms. The van der Waals surface area contributed by atoms with E-state index in [0.717, 1.165) is 38.0 Å². The zero-order valence-corrected chi connectivity index (χ0v) is 18.3. The van der Waals surface area contributed by atoms with E-state index < -0.39 is 5.54 Å². The van der Waals surface area contributed by atoms with Crippen molar-refractivity contribution in [3.8, 4) is 0 Å². The molecule has 4 rings (SSSR count). The van der Waals surface area contributed by atoms with Gasteiger partial charge in [0.1, 0.15) is 5.54 Å². The van der Waals surface area contributed by atoms with Crippen molar-refractivity contribution in [2.24, 2.45) is 22.6 Å². The van der Waals surface area contributed by atoms with Crippen LogP contribution in [0.1, 0.15) is 116 Å². The van der Waals surface area contributed by atoms with Gasteiger partial charge in [0.05, 0.1) is 6.10 Å². The molecule has 0 radical (unpaired) electrons. The Balaban J connectivity index is 0.000000290. The fourth-order valence-corrected chi connectivity index (χ4v) is 5.82. The number of guanidine groups is 1. The molecule has 1 aliphatic heterocycles. The van der Waals surface area contributed by atoms with Gasteiger partial charge in [-0.1, -0.05) is 83.5 Å². The van der Waals surface area contributed by atoms with Gasteiger partial charge in [-0.15, -0.1) is 0 Å². The zero-order chi connectivity index (χ0) is 20.5. The molecule has 0 bridgehead atoms. The highest BCUT2D eigenvalue weighted by Gasteiger charge is 2.44. The molecule has 166 valence electrons. The van der Waals surface area contributed by atoms with Crippen molar-refractivity contribution in [2.75, 3.05) is 0 Å². The van der Waals surface area contributed by atoms with E-state index in [4.69, 9.17) is 10.8 Å². The molecule has 1 heterocycles. The molecule has 5 heteroatoms. The number of carbonyl (C=O) groups excluding carboxylic acids is 1. The van der Waals surface area contributed by atoms with Crippen LogP contribution in [0.25, 0.3) is 0 Å². The molecule has 3 aliphatic carbocycles. The fourth-order valence-electron chi connectivity index (χ4n) is 5.82. The van der Waals surface area contributed by atoms with Crippen LogP contribution < -0.4 is 11.1 Å². The largest absolute Gasteiger partial charge is 0.393 e. The summed E-state index contributed by atoms with van der Waals surface area (Å²) >= 11 is 0. The number of amides is 1. The van der Waals surface area contributed by atoms with E-state index >= 15 is 0 Å². The normalized spacial score (nSPS) is 29.7. The number of nitrogens with zero attached hydrogens (tertiary/aromatic N) is 1. The molecular formula is C24H43N3O2. The summed E-state index contributed by atoms with van der Waals surface area (Å²) in [6.07, 6.45) is 22.1. The Morgan fingerprint density at radius 1 is 0.862 bits per heavy atom. The zero-order valence-electron chi connectivity index (χ0n) is 18.3. The summed E-state index contributed by atoms with van der Waals surface area (Å²) in [6.45, 7) is 0. The van der Waals surface area contributed by atoms with Gasteiger partial charge in [0.15, 0.2) is 5.96 Å². The highest BCUT2D eigenvalue weighted by atomic mass is 16.3. The Bertz CT molecular complexity index is 532. The van der Waals surface area contributed by atoms with Crippen LogP contribution >= 0.6 is 0 Å². The van der Waals surface area contributed by atoms with Gasteiger partial charge in [-0.2, -0.15) is 0 Å². The molecule has 0 aromatic carbocycles. The summed E-state index contributed by atoms with van der Waals surface area (Å²) in [5, 5.41) is 11.7. The first-order chi connectivity index (χ1) is 14.1. The first-order valence-corrected chi connectivity index (χ1v) is 12.4. The molecule has 29 heavy (non-hydrogen) atoms. The van der Waals surface area contributed by atoms with Crippen molar-refractivity contribution in [1.82, 2.24) is 5.32 Å². The molecule has 0 aromatic rings. The molecule has 0 aromatic heterocycles. The lowest BCUT2D eigenvalue weighted by molar-refractivity contribution is -0.124. The quantitative estimate of drug-likeness (QED) is 0.613. The smallest absolute Gasteiger partial charge is 0.254 e. The summed E-state index contributed by atoms with van der Waals surface area (Å²) in [4.78, 5) is 17.2. The Morgan fingerprint density at radius 3 is 1.83 bits per heavy atom. The van der Waals surface area contributed by atoms with Crippen LogP contribution in [-0.4, -0.2) is 28.6 Å². The SMILES string of the molecule is NC1=NC(CCC2CCCCC2)(CC2CCCCC2)C(=O)N1.OC1CCCCC1. The Labute approximate surface area is 177 Å². The summed E-state index contributed by atoms with van der Waals surface area (Å²) in [6, 6.07) is 0. The van der Waals surface area contributed by atoms with Crippen molar-refractivity contribution in [1.29, 1.82) is 0 Å². The van der Waals surface area contributed by atoms with Gasteiger partial charge in [-0.3, -0.25) is 10.1 Å². The van der Waals surface area contributed by atoms with Crippen molar-refractivity contribution in [3.05, 3.63) is 0 Å². The monoisotopic (exact) mass is 405 g/mol. The number of nitrogens with two attached hydrogens (primary N) is 1. The van der Waals surface area contributed by atoms with Crippen LogP contribution in [0, 0.1) is 11.8 Å². The predicted octanol–water partition coefficient (Wildman–Crippen LogP) is 4.81. The number of aliphatic hydroxyl groups is 1. The second kappa shape index (κ2) is 11.3.